The van der Waals surface area contributed by atoms with E-state index in [2.05, 4.69) is 6.07 Å². The number of hydrogen-bond acceptors (Lipinski definition) is 2. The van der Waals surface area contributed by atoms with Crippen LogP contribution in [0.1, 0.15) is 10.4 Å². The van der Waals surface area contributed by atoms with Gasteiger partial charge in [-0.1, -0.05) is 17.7 Å². The van der Waals surface area contributed by atoms with E-state index < -0.39 is 0 Å². The van der Waals surface area contributed by atoms with Crippen LogP contribution in [0.5, 0.6) is 0 Å². The molecule has 5 heteroatoms. The highest BCUT2D eigenvalue weighted by Gasteiger charge is 2.16. The van der Waals surface area contributed by atoms with Gasteiger partial charge in [-0.15, -0.1) is 0 Å². The predicted molar refractivity (Wildman–Crippen MR) is 70.6 cm³/mol. The van der Waals surface area contributed by atoms with Crippen molar-refractivity contribution in [3.05, 3.63) is 35.0 Å². The fourth-order valence-electron chi connectivity index (χ4n) is 1.88. The SMILES string of the molecule is CN(C)C(=O)c1cn(CC#N)c2cc(Cl)ccc12. The number of benzene rings is 1. The third-order valence-electron chi connectivity index (χ3n) is 2.72. The van der Waals surface area contributed by atoms with E-state index >= 15 is 0 Å². The summed E-state index contributed by atoms with van der Waals surface area (Å²) in [6.07, 6.45) is 1.70. The van der Waals surface area contributed by atoms with Crippen LogP contribution < -0.4 is 0 Å². The minimum atomic E-state index is -0.0842. The number of amides is 1. The zero-order chi connectivity index (χ0) is 13.3. The molecule has 0 saturated heterocycles. The van der Waals surface area contributed by atoms with E-state index in [4.69, 9.17) is 16.9 Å². The maximum absolute atomic E-state index is 12.1. The summed E-state index contributed by atoms with van der Waals surface area (Å²) >= 11 is 5.95. The van der Waals surface area contributed by atoms with Crippen molar-refractivity contribution < 1.29 is 4.79 Å². The number of halogens is 1. The molecule has 1 aromatic carbocycles. The predicted octanol–water partition coefficient (Wildman–Crippen LogP) is 2.52. The zero-order valence-electron chi connectivity index (χ0n) is 10.1. The lowest BCUT2D eigenvalue weighted by Gasteiger charge is -2.08. The summed E-state index contributed by atoms with van der Waals surface area (Å²) in [5.74, 6) is -0.0842. The summed E-state index contributed by atoms with van der Waals surface area (Å²) in [6, 6.07) is 7.39. The van der Waals surface area contributed by atoms with Crippen molar-refractivity contribution in [2.24, 2.45) is 0 Å². The number of hydrogen-bond donors (Lipinski definition) is 0. The Kier molecular flexibility index (Phi) is 3.26. The van der Waals surface area contributed by atoms with Crippen LogP contribution in [0.25, 0.3) is 10.9 Å². The van der Waals surface area contributed by atoms with E-state index in [1.807, 2.05) is 6.07 Å². The van der Waals surface area contributed by atoms with E-state index in [9.17, 15) is 4.79 Å². The van der Waals surface area contributed by atoms with Crippen LogP contribution in [-0.4, -0.2) is 29.5 Å². The van der Waals surface area contributed by atoms with Crippen molar-refractivity contribution in [3.63, 3.8) is 0 Å². The highest BCUT2D eigenvalue weighted by Crippen LogP contribution is 2.25. The van der Waals surface area contributed by atoms with E-state index in [1.54, 1.807) is 37.0 Å². The summed E-state index contributed by atoms with van der Waals surface area (Å²) in [5, 5.41) is 10.2. The van der Waals surface area contributed by atoms with Crippen molar-refractivity contribution in [1.82, 2.24) is 9.47 Å². The summed E-state index contributed by atoms with van der Waals surface area (Å²) in [6.45, 7) is 0.192. The molecule has 0 fully saturated rings. The standard InChI is InChI=1S/C13H12ClN3O/c1-16(2)13(18)11-8-17(6-5-15)12-7-9(14)3-4-10(11)12/h3-4,7-8H,6H2,1-2H3. The van der Waals surface area contributed by atoms with Crippen LogP contribution in [0.15, 0.2) is 24.4 Å². The number of nitrogens with zero attached hydrogens (tertiary/aromatic N) is 3. The second-order valence-corrected chi connectivity index (χ2v) is 4.63. The summed E-state index contributed by atoms with van der Waals surface area (Å²) in [4.78, 5) is 13.6. The van der Waals surface area contributed by atoms with Gasteiger partial charge in [0.1, 0.15) is 6.54 Å². The van der Waals surface area contributed by atoms with Crippen molar-refractivity contribution in [1.29, 1.82) is 5.26 Å². The zero-order valence-corrected chi connectivity index (χ0v) is 10.9. The number of fused-ring (bicyclic) bond motifs is 1. The van der Waals surface area contributed by atoms with E-state index in [0.29, 0.717) is 10.6 Å². The van der Waals surface area contributed by atoms with Gasteiger partial charge in [0.2, 0.25) is 0 Å². The van der Waals surface area contributed by atoms with Gasteiger partial charge in [-0.3, -0.25) is 4.79 Å². The highest BCUT2D eigenvalue weighted by molar-refractivity contribution is 6.31. The molecule has 0 aliphatic rings. The van der Waals surface area contributed by atoms with Gasteiger partial charge < -0.3 is 9.47 Å². The largest absolute Gasteiger partial charge is 0.345 e. The van der Waals surface area contributed by atoms with Gasteiger partial charge in [0.15, 0.2) is 0 Å². The number of carbonyl (C=O) groups is 1. The number of aromatic nitrogens is 1. The molecule has 0 bridgehead atoms. The average molecular weight is 262 g/mol. The Balaban J connectivity index is 2.69. The van der Waals surface area contributed by atoms with Crippen molar-refractivity contribution in [2.75, 3.05) is 14.1 Å². The van der Waals surface area contributed by atoms with E-state index in [-0.39, 0.29) is 12.5 Å². The van der Waals surface area contributed by atoms with Gasteiger partial charge in [0, 0.05) is 30.7 Å². The number of carbonyl (C=O) groups excluding carboxylic acids is 1. The van der Waals surface area contributed by atoms with Gasteiger partial charge in [0.25, 0.3) is 5.91 Å². The molecule has 2 aromatic rings. The first-order chi connectivity index (χ1) is 8.54. The van der Waals surface area contributed by atoms with Gasteiger partial charge in [-0.05, 0) is 12.1 Å². The monoisotopic (exact) mass is 261 g/mol. The Morgan fingerprint density at radius 3 is 2.83 bits per heavy atom. The second-order valence-electron chi connectivity index (χ2n) is 4.19. The Morgan fingerprint density at radius 2 is 2.22 bits per heavy atom. The fourth-order valence-corrected chi connectivity index (χ4v) is 2.05. The van der Waals surface area contributed by atoms with Gasteiger partial charge >= 0.3 is 0 Å². The summed E-state index contributed by atoms with van der Waals surface area (Å²) < 4.78 is 1.73. The summed E-state index contributed by atoms with van der Waals surface area (Å²) in [7, 11) is 3.40. The average Bonchev–Trinajstić information content (AvgIpc) is 2.67. The highest BCUT2D eigenvalue weighted by atomic mass is 35.5. The first kappa shape index (κ1) is 12.5. The van der Waals surface area contributed by atoms with Gasteiger partial charge in [0.05, 0.1) is 17.1 Å². The Bertz CT molecular complexity index is 652. The molecule has 4 nitrogen and oxygen atoms in total. The molecule has 2 rings (SSSR count). The molecular weight excluding hydrogens is 250 g/mol. The molecule has 0 spiro atoms. The van der Waals surface area contributed by atoms with Gasteiger partial charge in [-0.2, -0.15) is 5.26 Å². The molecular formula is C13H12ClN3O. The Hall–Kier alpha value is -1.99. The maximum Gasteiger partial charge on any atom is 0.255 e. The molecule has 0 atom stereocenters. The molecule has 0 N–H and O–H groups in total. The molecule has 0 radical (unpaired) electrons. The minimum Gasteiger partial charge on any atom is -0.345 e. The molecule has 1 heterocycles. The first-order valence-electron chi connectivity index (χ1n) is 5.41. The van der Waals surface area contributed by atoms with E-state index in [1.165, 1.54) is 4.90 Å². The third kappa shape index (κ3) is 2.05. The van der Waals surface area contributed by atoms with Crippen LogP contribution in [0.2, 0.25) is 5.02 Å². The van der Waals surface area contributed by atoms with E-state index in [0.717, 1.165) is 10.9 Å². The second kappa shape index (κ2) is 4.71. The van der Waals surface area contributed by atoms with Crippen LogP contribution >= 0.6 is 11.6 Å². The minimum absolute atomic E-state index is 0.0842. The molecule has 0 saturated carbocycles. The molecule has 0 aliphatic heterocycles. The van der Waals surface area contributed by atoms with Crippen molar-refractivity contribution >= 4 is 28.4 Å². The van der Waals surface area contributed by atoms with Crippen molar-refractivity contribution in [2.45, 2.75) is 6.54 Å². The lowest BCUT2D eigenvalue weighted by molar-refractivity contribution is 0.0829. The topological polar surface area (TPSA) is 49.0 Å². The lowest BCUT2D eigenvalue weighted by atomic mass is 10.1. The molecule has 1 amide bonds. The quantitative estimate of drug-likeness (QED) is 0.834. The smallest absolute Gasteiger partial charge is 0.255 e. The summed E-state index contributed by atoms with van der Waals surface area (Å²) in [5.41, 5.74) is 1.39. The van der Waals surface area contributed by atoms with Crippen molar-refractivity contribution in [3.8, 4) is 6.07 Å². The molecule has 0 unspecified atom stereocenters. The van der Waals surface area contributed by atoms with Crippen LogP contribution in [0.4, 0.5) is 0 Å². The third-order valence-corrected chi connectivity index (χ3v) is 2.96. The number of rotatable bonds is 2. The van der Waals surface area contributed by atoms with Crippen LogP contribution in [0.3, 0.4) is 0 Å². The Labute approximate surface area is 110 Å². The maximum atomic E-state index is 12.1. The first-order valence-corrected chi connectivity index (χ1v) is 5.79. The fraction of sp³-hybridized carbons (Fsp3) is 0.231. The normalized spacial score (nSPS) is 10.3. The Morgan fingerprint density at radius 1 is 1.50 bits per heavy atom. The molecule has 92 valence electrons. The van der Waals surface area contributed by atoms with Gasteiger partial charge in [-0.25, -0.2) is 0 Å². The molecule has 1 aromatic heterocycles. The van der Waals surface area contributed by atoms with Crippen LogP contribution in [-0.2, 0) is 6.54 Å². The number of nitriles is 1. The molecule has 0 aliphatic carbocycles. The lowest BCUT2D eigenvalue weighted by Crippen LogP contribution is -2.21. The molecule has 18 heavy (non-hydrogen) atoms. The van der Waals surface area contributed by atoms with Crippen LogP contribution in [0, 0.1) is 11.3 Å².